The zero-order valence-electron chi connectivity index (χ0n) is 11.9. The van der Waals surface area contributed by atoms with Gasteiger partial charge in [0.2, 0.25) is 5.88 Å². The summed E-state index contributed by atoms with van der Waals surface area (Å²) in [5.74, 6) is 0.808. The summed E-state index contributed by atoms with van der Waals surface area (Å²) < 4.78 is 10.3. The minimum Gasteiger partial charge on any atom is -0.461 e. The summed E-state index contributed by atoms with van der Waals surface area (Å²) in [6.07, 6.45) is 0. The molecule has 0 unspecified atom stereocenters. The Morgan fingerprint density at radius 2 is 2.19 bits per heavy atom. The Morgan fingerprint density at radius 1 is 1.43 bits per heavy atom. The Balaban J connectivity index is 2.20. The van der Waals surface area contributed by atoms with Crippen molar-refractivity contribution < 1.29 is 13.9 Å². The SMILES string of the molecule is CCOC(=O)c1ccc(Nc2oc(C)c(C)c2C#N)nn1. The molecule has 0 fully saturated rings. The molecule has 2 aromatic rings. The number of ether oxygens (including phenoxy) is 1. The zero-order chi connectivity index (χ0) is 15.4. The van der Waals surface area contributed by atoms with Gasteiger partial charge in [0, 0.05) is 5.56 Å². The Hall–Kier alpha value is -2.88. The number of carbonyl (C=O) groups excluding carboxylic acids is 1. The first-order valence-electron chi connectivity index (χ1n) is 6.34. The average molecular weight is 286 g/mol. The molecule has 7 nitrogen and oxygen atoms in total. The Bertz CT molecular complexity index is 698. The van der Waals surface area contributed by atoms with E-state index in [-0.39, 0.29) is 12.3 Å². The number of rotatable bonds is 4. The second-order valence-electron chi connectivity index (χ2n) is 4.25. The van der Waals surface area contributed by atoms with Gasteiger partial charge in [-0.15, -0.1) is 10.2 Å². The summed E-state index contributed by atoms with van der Waals surface area (Å²) in [7, 11) is 0. The van der Waals surface area contributed by atoms with Gasteiger partial charge in [0.25, 0.3) is 0 Å². The fourth-order valence-electron chi connectivity index (χ4n) is 1.68. The van der Waals surface area contributed by atoms with Gasteiger partial charge in [-0.25, -0.2) is 4.79 Å². The highest BCUT2D eigenvalue weighted by atomic mass is 16.5. The number of nitrogens with one attached hydrogen (secondary N) is 1. The third-order valence-electron chi connectivity index (χ3n) is 2.89. The number of hydrogen-bond donors (Lipinski definition) is 1. The molecule has 2 heterocycles. The van der Waals surface area contributed by atoms with E-state index < -0.39 is 5.97 Å². The summed E-state index contributed by atoms with van der Waals surface area (Å²) in [5.41, 5.74) is 1.31. The van der Waals surface area contributed by atoms with Crippen molar-refractivity contribution in [2.75, 3.05) is 11.9 Å². The van der Waals surface area contributed by atoms with Crippen LogP contribution in [0.3, 0.4) is 0 Å². The van der Waals surface area contributed by atoms with Crippen LogP contribution in [0.4, 0.5) is 11.7 Å². The zero-order valence-corrected chi connectivity index (χ0v) is 11.9. The van der Waals surface area contributed by atoms with Gasteiger partial charge < -0.3 is 14.5 Å². The minimum absolute atomic E-state index is 0.120. The van der Waals surface area contributed by atoms with E-state index in [9.17, 15) is 4.79 Å². The van der Waals surface area contributed by atoms with Crippen molar-refractivity contribution in [2.24, 2.45) is 0 Å². The summed E-state index contributed by atoms with van der Waals surface area (Å²) >= 11 is 0. The maximum atomic E-state index is 11.5. The minimum atomic E-state index is -0.529. The van der Waals surface area contributed by atoms with E-state index in [0.29, 0.717) is 23.0 Å². The van der Waals surface area contributed by atoms with Crippen molar-refractivity contribution in [2.45, 2.75) is 20.8 Å². The molecule has 0 aromatic carbocycles. The van der Waals surface area contributed by atoms with E-state index in [0.717, 1.165) is 5.56 Å². The van der Waals surface area contributed by atoms with Crippen molar-refractivity contribution in [1.82, 2.24) is 10.2 Å². The average Bonchev–Trinajstić information content (AvgIpc) is 2.74. The Kier molecular flexibility index (Phi) is 4.18. The number of hydrogen-bond acceptors (Lipinski definition) is 7. The second-order valence-corrected chi connectivity index (χ2v) is 4.25. The quantitative estimate of drug-likeness (QED) is 0.861. The van der Waals surface area contributed by atoms with Crippen LogP contribution in [0.2, 0.25) is 0 Å². The molecule has 0 atom stereocenters. The first-order chi connectivity index (χ1) is 10.1. The van der Waals surface area contributed by atoms with E-state index in [1.807, 2.05) is 0 Å². The van der Waals surface area contributed by atoms with Gasteiger partial charge in [-0.05, 0) is 32.9 Å². The normalized spacial score (nSPS) is 10.0. The Morgan fingerprint density at radius 3 is 2.76 bits per heavy atom. The van der Waals surface area contributed by atoms with Crippen LogP contribution in [0.25, 0.3) is 0 Å². The molecule has 108 valence electrons. The fourth-order valence-corrected chi connectivity index (χ4v) is 1.68. The first kappa shape index (κ1) is 14.5. The van der Waals surface area contributed by atoms with Crippen molar-refractivity contribution >= 4 is 17.7 Å². The fraction of sp³-hybridized carbons (Fsp3) is 0.286. The molecule has 0 aliphatic heterocycles. The molecule has 0 aliphatic carbocycles. The molecule has 0 spiro atoms. The van der Waals surface area contributed by atoms with Gasteiger partial charge in [0.15, 0.2) is 11.5 Å². The highest BCUT2D eigenvalue weighted by molar-refractivity contribution is 5.87. The molecule has 0 aliphatic rings. The molecule has 0 saturated carbocycles. The van der Waals surface area contributed by atoms with E-state index >= 15 is 0 Å². The third kappa shape index (κ3) is 3.00. The molecule has 2 aromatic heterocycles. The van der Waals surface area contributed by atoms with Crippen molar-refractivity contribution in [3.8, 4) is 6.07 Å². The summed E-state index contributed by atoms with van der Waals surface area (Å²) in [5, 5.41) is 19.6. The van der Waals surface area contributed by atoms with Crippen LogP contribution in [0.5, 0.6) is 0 Å². The molecule has 21 heavy (non-hydrogen) atoms. The number of aromatic nitrogens is 2. The number of anilines is 2. The van der Waals surface area contributed by atoms with Crippen molar-refractivity contribution in [1.29, 1.82) is 5.26 Å². The number of nitriles is 1. The number of esters is 1. The van der Waals surface area contributed by atoms with E-state index in [4.69, 9.17) is 14.4 Å². The van der Waals surface area contributed by atoms with Crippen LogP contribution < -0.4 is 5.32 Å². The predicted molar refractivity (Wildman–Crippen MR) is 74.2 cm³/mol. The largest absolute Gasteiger partial charge is 0.461 e. The molecule has 7 heteroatoms. The van der Waals surface area contributed by atoms with Crippen LogP contribution in [0, 0.1) is 25.2 Å². The monoisotopic (exact) mass is 286 g/mol. The van der Waals surface area contributed by atoms with Crippen LogP contribution in [0.15, 0.2) is 16.5 Å². The number of aryl methyl sites for hydroxylation is 1. The maximum absolute atomic E-state index is 11.5. The van der Waals surface area contributed by atoms with Gasteiger partial charge in [-0.1, -0.05) is 0 Å². The van der Waals surface area contributed by atoms with Crippen LogP contribution >= 0.6 is 0 Å². The molecule has 0 amide bonds. The van der Waals surface area contributed by atoms with Gasteiger partial charge in [-0.2, -0.15) is 5.26 Å². The van der Waals surface area contributed by atoms with Gasteiger partial charge in [0.1, 0.15) is 17.4 Å². The van der Waals surface area contributed by atoms with Crippen molar-refractivity contribution in [3.63, 3.8) is 0 Å². The lowest BCUT2D eigenvalue weighted by atomic mass is 10.2. The molecule has 0 radical (unpaired) electrons. The molecule has 0 saturated heterocycles. The first-order valence-corrected chi connectivity index (χ1v) is 6.34. The molecule has 0 bridgehead atoms. The number of furan rings is 1. The summed E-state index contributed by atoms with van der Waals surface area (Å²) in [4.78, 5) is 11.5. The number of carbonyl (C=O) groups is 1. The topological polar surface area (TPSA) is 101 Å². The molecule has 2 rings (SSSR count). The highest BCUT2D eigenvalue weighted by Crippen LogP contribution is 2.27. The number of nitrogens with zero attached hydrogens (tertiary/aromatic N) is 3. The Labute approximate surface area is 121 Å². The van der Waals surface area contributed by atoms with E-state index in [1.165, 1.54) is 6.07 Å². The van der Waals surface area contributed by atoms with Crippen LogP contribution in [-0.4, -0.2) is 22.8 Å². The standard InChI is InChI=1S/C14H14N4O3/c1-4-20-14(19)11-5-6-12(18-17-11)16-13-10(7-15)8(2)9(3)21-13/h5-6H,4H2,1-3H3,(H,16,18). The molecular formula is C14H14N4O3. The summed E-state index contributed by atoms with van der Waals surface area (Å²) in [6, 6.07) is 5.12. The summed E-state index contributed by atoms with van der Waals surface area (Å²) in [6.45, 7) is 5.57. The molecule has 1 N–H and O–H groups in total. The van der Waals surface area contributed by atoms with Crippen LogP contribution in [-0.2, 0) is 4.74 Å². The maximum Gasteiger partial charge on any atom is 0.358 e. The van der Waals surface area contributed by atoms with E-state index in [1.54, 1.807) is 26.8 Å². The van der Waals surface area contributed by atoms with E-state index in [2.05, 4.69) is 21.6 Å². The lowest BCUT2D eigenvalue weighted by Gasteiger charge is -2.03. The van der Waals surface area contributed by atoms with Crippen molar-refractivity contribution in [3.05, 3.63) is 34.7 Å². The van der Waals surface area contributed by atoms with Gasteiger partial charge >= 0.3 is 5.97 Å². The third-order valence-corrected chi connectivity index (χ3v) is 2.89. The lowest BCUT2D eigenvalue weighted by molar-refractivity contribution is 0.0518. The van der Waals surface area contributed by atoms with Gasteiger partial charge in [-0.3, -0.25) is 0 Å². The van der Waals surface area contributed by atoms with Crippen LogP contribution in [0.1, 0.15) is 34.3 Å². The molecular weight excluding hydrogens is 272 g/mol. The lowest BCUT2D eigenvalue weighted by Crippen LogP contribution is -2.08. The highest BCUT2D eigenvalue weighted by Gasteiger charge is 2.15. The smallest absolute Gasteiger partial charge is 0.358 e. The second kappa shape index (κ2) is 6.05. The van der Waals surface area contributed by atoms with Gasteiger partial charge in [0.05, 0.1) is 6.61 Å². The predicted octanol–water partition coefficient (Wildman–Crippen LogP) is 2.48.